The van der Waals surface area contributed by atoms with E-state index in [1.54, 1.807) is 0 Å². The molecular formula is C45H76NO10P. The number of ether oxygens (including phenoxy) is 2. The summed E-state index contributed by atoms with van der Waals surface area (Å²) in [7, 11) is -4.41. The third-order valence-corrected chi connectivity index (χ3v) is 10.5. The first-order chi connectivity index (χ1) is 27.5. The van der Waals surface area contributed by atoms with Gasteiger partial charge in [-0.1, -0.05) is 101 Å². The van der Waals surface area contributed by atoms with Gasteiger partial charge in [-0.2, -0.15) is 0 Å². The van der Waals surface area contributed by atoms with E-state index in [9.17, 15) is 24.2 Å². The molecule has 0 amide bonds. The van der Waals surface area contributed by atoms with Crippen LogP contribution in [-0.4, -0.2) is 60.5 Å². The van der Waals surface area contributed by atoms with Gasteiger partial charge in [0, 0.05) is 32.2 Å². The van der Waals surface area contributed by atoms with E-state index < -0.39 is 32.5 Å². The van der Waals surface area contributed by atoms with Crippen LogP contribution in [0.2, 0.25) is 0 Å². The van der Waals surface area contributed by atoms with Gasteiger partial charge in [0.15, 0.2) is 6.10 Å². The number of phosphoric acid groups is 1. The average Bonchev–Trinajstić information content (AvgIpc) is 3.46. The van der Waals surface area contributed by atoms with Gasteiger partial charge in [-0.15, -0.1) is 0 Å². The molecule has 1 aromatic rings. The van der Waals surface area contributed by atoms with Crippen LogP contribution in [0, 0.1) is 13.8 Å². The number of aryl methyl sites for hydroxylation is 2. The Hall–Kier alpha value is -2.79. The SMILES string of the molecule is CCCc1oc(CCCCCCCCCCC(=O)O[C@H](COC(=O)CCC/C=C\C/C=C\C/C=C\C/C=C\CC[C@@H](O)CC)COP(=O)(O)OCCN)c(C)c1C. The molecule has 0 saturated heterocycles. The van der Waals surface area contributed by atoms with Crippen molar-refractivity contribution in [2.24, 2.45) is 5.73 Å². The van der Waals surface area contributed by atoms with Crippen molar-refractivity contribution >= 4 is 19.8 Å². The van der Waals surface area contributed by atoms with Crippen molar-refractivity contribution in [3.8, 4) is 0 Å². The Morgan fingerprint density at radius 3 is 1.86 bits per heavy atom. The molecule has 11 nitrogen and oxygen atoms in total. The number of nitrogens with two attached hydrogens (primary N) is 1. The second-order valence-corrected chi connectivity index (χ2v) is 16.0. The van der Waals surface area contributed by atoms with E-state index >= 15 is 0 Å². The van der Waals surface area contributed by atoms with Crippen LogP contribution in [0.4, 0.5) is 0 Å². The van der Waals surface area contributed by atoms with Gasteiger partial charge in [-0.05, 0) is 95.6 Å². The number of aliphatic hydroxyl groups excluding tert-OH is 1. The molecule has 1 aromatic heterocycles. The number of esters is 2. The van der Waals surface area contributed by atoms with Crippen molar-refractivity contribution in [3.05, 3.63) is 71.3 Å². The molecule has 0 aromatic carbocycles. The summed E-state index contributed by atoms with van der Waals surface area (Å²) in [4.78, 5) is 34.9. The van der Waals surface area contributed by atoms with Crippen LogP contribution in [0.3, 0.4) is 0 Å². The summed E-state index contributed by atoms with van der Waals surface area (Å²) in [5.74, 6) is 1.34. The van der Waals surface area contributed by atoms with E-state index in [-0.39, 0.29) is 38.7 Å². The van der Waals surface area contributed by atoms with Crippen molar-refractivity contribution < 1.29 is 47.1 Å². The molecule has 0 fully saturated rings. The monoisotopic (exact) mass is 822 g/mol. The highest BCUT2D eigenvalue weighted by molar-refractivity contribution is 7.47. The zero-order chi connectivity index (χ0) is 42.0. The largest absolute Gasteiger partial charge is 0.472 e. The molecule has 4 N–H and O–H groups in total. The summed E-state index contributed by atoms with van der Waals surface area (Å²) < 4.78 is 38.9. The Labute approximate surface area is 344 Å². The second-order valence-electron chi connectivity index (χ2n) is 14.6. The zero-order valence-corrected chi connectivity index (χ0v) is 36.5. The Morgan fingerprint density at radius 2 is 1.26 bits per heavy atom. The minimum atomic E-state index is -4.41. The minimum absolute atomic E-state index is 0.0323. The highest BCUT2D eigenvalue weighted by atomic mass is 31.2. The smallest absolute Gasteiger partial charge is 0.466 e. The lowest BCUT2D eigenvalue weighted by atomic mass is 10.0. The second kappa shape index (κ2) is 34.1. The molecule has 0 radical (unpaired) electrons. The van der Waals surface area contributed by atoms with Crippen LogP contribution >= 0.6 is 7.82 Å². The Balaban J connectivity index is 2.29. The highest BCUT2D eigenvalue weighted by Gasteiger charge is 2.26. The number of allylic oxidation sites excluding steroid dienone is 8. The first-order valence-corrected chi connectivity index (χ1v) is 23.0. The quantitative estimate of drug-likeness (QED) is 0.0255. The molecule has 0 aliphatic heterocycles. The average molecular weight is 822 g/mol. The van der Waals surface area contributed by atoms with Gasteiger partial charge in [0.25, 0.3) is 0 Å². The zero-order valence-electron chi connectivity index (χ0n) is 35.6. The first kappa shape index (κ1) is 52.2. The van der Waals surface area contributed by atoms with Gasteiger partial charge in [-0.3, -0.25) is 18.6 Å². The molecule has 1 unspecified atom stereocenters. The van der Waals surface area contributed by atoms with Gasteiger partial charge in [0.05, 0.1) is 19.3 Å². The lowest BCUT2D eigenvalue weighted by molar-refractivity contribution is -0.161. The maximum Gasteiger partial charge on any atom is 0.472 e. The van der Waals surface area contributed by atoms with E-state index in [0.29, 0.717) is 19.3 Å². The van der Waals surface area contributed by atoms with Gasteiger partial charge in [0.2, 0.25) is 0 Å². The van der Waals surface area contributed by atoms with E-state index in [1.807, 2.05) is 13.0 Å². The third-order valence-electron chi connectivity index (χ3n) is 9.55. The summed E-state index contributed by atoms with van der Waals surface area (Å²) in [6.07, 6.45) is 33.7. The van der Waals surface area contributed by atoms with Gasteiger partial charge in [0.1, 0.15) is 18.1 Å². The molecule has 0 saturated carbocycles. The molecule has 0 spiro atoms. The fraction of sp³-hybridized carbons (Fsp3) is 0.689. The summed E-state index contributed by atoms with van der Waals surface area (Å²) >= 11 is 0. The standard InChI is InChI=1S/C45H76NO10P/c1-5-29-42-38(3)39(4)43(56-42)31-26-22-18-15-16-20-24-28-33-45(49)55-41(37-54-57(50,51)53-35-34-46)36-52-44(48)32-27-23-19-14-12-10-8-7-9-11-13-17-21-25-30-40(47)6-2/h8-11,14,17,19,21,40-41,47H,5-7,12-13,15-16,18,20,22-37,46H2,1-4H3,(H,50,51)/b10-8-,11-9-,19-14-,21-17-/t40-,41+/m0/s1. The summed E-state index contributed by atoms with van der Waals surface area (Å²) in [6, 6.07) is 0. The fourth-order valence-electron chi connectivity index (χ4n) is 5.95. The number of phosphoric ester groups is 1. The van der Waals surface area contributed by atoms with Crippen molar-refractivity contribution in [2.75, 3.05) is 26.4 Å². The first-order valence-electron chi connectivity index (χ1n) is 21.6. The van der Waals surface area contributed by atoms with Crippen LogP contribution in [0.1, 0.15) is 158 Å². The maximum atomic E-state index is 12.6. The highest BCUT2D eigenvalue weighted by Crippen LogP contribution is 2.43. The van der Waals surface area contributed by atoms with E-state index in [1.165, 1.54) is 24.0 Å². The number of hydrogen-bond donors (Lipinski definition) is 3. The molecule has 0 aliphatic rings. The normalized spacial score (nSPS) is 14.3. The fourth-order valence-corrected chi connectivity index (χ4v) is 6.71. The van der Waals surface area contributed by atoms with E-state index in [2.05, 4.69) is 63.3 Å². The van der Waals surface area contributed by atoms with Crippen molar-refractivity contribution in [1.29, 1.82) is 0 Å². The van der Waals surface area contributed by atoms with Crippen molar-refractivity contribution in [1.82, 2.24) is 0 Å². The number of carbonyl (C=O) groups is 2. The summed E-state index contributed by atoms with van der Waals surface area (Å²) in [6.45, 7) is 7.57. The maximum absolute atomic E-state index is 12.6. The molecule has 12 heteroatoms. The molecule has 57 heavy (non-hydrogen) atoms. The van der Waals surface area contributed by atoms with Gasteiger partial charge in [-0.25, -0.2) is 4.57 Å². The number of carbonyl (C=O) groups excluding carboxylic acids is 2. The van der Waals surface area contributed by atoms with Crippen LogP contribution in [-0.2, 0) is 45.5 Å². The number of hydrogen-bond acceptors (Lipinski definition) is 10. The predicted molar refractivity (Wildman–Crippen MR) is 229 cm³/mol. The number of aliphatic hydroxyl groups is 1. The van der Waals surface area contributed by atoms with Crippen LogP contribution < -0.4 is 5.73 Å². The number of unbranched alkanes of at least 4 members (excludes halogenated alkanes) is 8. The van der Waals surface area contributed by atoms with Crippen molar-refractivity contribution in [2.45, 2.75) is 175 Å². The van der Waals surface area contributed by atoms with Gasteiger partial charge < -0.3 is 29.6 Å². The summed E-state index contributed by atoms with van der Waals surface area (Å²) in [5, 5.41) is 9.56. The number of furan rings is 1. The molecule has 1 rings (SSSR count). The Kier molecular flexibility index (Phi) is 31.3. The van der Waals surface area contributed by atoms with Crippen LogP contribution in [0.15, 0.2) is 53.0 Å². The lowest BCUT2D eigenvalue weighted by Crippen LogP contribution is -2.29. The summed E-state index contributed by atoms with van der Waals surface area (Å²) in [5.41, 5.74) is 7.95. The predicted octanol–water partition coefficient (Wildman–Crippen LogP) is 10.6. The molecule has 326 valence electrons. The minimum Gasteiger partial charge on any atom is -0.466 e. The molecule has 0 bridgehead atoms. The molecule has 0 aliphatic carbocycles. The van der Waals surface area contributed by atoms with Crippen LogP contribution in [0.5, 0.6) is 0 Å². The Bertz CT molecular complexity index is 1370. The van der Waals surface area contributed by atoms with E-state index in [0.717, 1.165) is 101 Å². The molecular weight excluding hydrogens is 745 g/mol. The molecule has 3 atom stereocenters. The Morgan fingerprint density at radius 1 is 0.719 bits per heavy atom. The number of rotatable bonds is 36. The van der Waals surface area contributed by atoms with E-state index in [4.69, 9.17) is 28.7 Å². The van der Waals surface area contributed by atoms with Crippen LogP contribution in [0.25, 0.3) is 0 Å². The van der Waals surface area contributed by atoms with Gasteiger partial charge >= 0.3 is 19.8 Å². The lowest BCUT2D eigenvalue weighted by Gasteiger charge is -2.19. The topological polar surface area (TPSA) is 168 Å². The van der Waals surface area contributed by atoms with Crippen molar-refractivity contribution in [3.63, 3.8) is 0 Å². The molecule has 1 heterocycles. The third kappa shape index (κ3) is 28.3.